The normalized spacial score (nSPS) is 20.7. The molecule has 0 bridgehead atoms. The van der Waals surface area contributed by atoms with E-state index in [2.05, 4.69) is 15.5 Å². The maximum atomic E-state index is 13.4. The molecule has 0 aromatic heterocycles. The third-order valence-corrected chi connectivity index (χ3v) is 3.06. The van der Waals surface area contributed by atoms with Gasteiger partial charge < -0.3 is 15.5 Å². The van der Waals surface area contributed by atoms with Crippen LogP contribution in [0.2, 0.25) is 0 Å². The molecule has 2 aliphatic rings. The van der Waals surface area contributed by atoms with Gasteiger partial charge in [0.05, 0.1) is 12.1 Å². The van der Waals surface area contributed by atoms with Crippen molar-refractivity contribution in [1.29, 1.82) is 0 Å². The third-order valence-electron chi connectivity index (χ3n) is 3.06. The molecule has 5 nitrogen and oxygen atoms in total. The second-order valence-corrected chi connectivity index (χ2v) is 4.48. The number of carbonyl (C=O) groups is 1. The van der Waals surface area contributed by atoms with Gasteiger partial charge in [0.25, 0.3) is 0 Å². The Balaban J connectivity index is 1.81. The number of anilines is 1. The number of urea groups is 1. The number of nitrogens with one attached hydrogen (secondary N) is 2. The van der Waals surface area contributed by atoms with Crippen LogP contribution < -0.4 is 15.5 Å². The number of nitrogens with zero attached hydrogens (tertiary/aromatic N) is 1. The SMILES string of the molecule is O=C(Nc1ccc2c(c1)OC(F)(F)C2(F)F)N1CC=CN1. The first-order chi connectivity index (χ1) is 9.81. The van der Waals surface area contributed by atoms with Gasteiger partial charge in [0.15, 0.2) is 0 Å². The first kappa shape index (κ1) is 13.5. The first-order valence-electron chi connectivity index (χ1n) is 5.90. The molecule has 0 unspecified atom stereocenters. The molecule has 0 spiro atoms. The van der Waals surface area contributed by atoms with Gasteiger partial charge in [-0.2, -0.15) is 17.6 Å². The summed E-state index contributed by atoms with van der Waals surface area (Å²) in [5.41, 5.74) is 1.78. The Bertz CT molecular complexity index is 625. The molecule has 112 valence electrons. The van der Waals surface area contributed by atoms with E-state index in [1.807, 2.05) is 0 Å². The van der Waals surface area contributed by atoms with Gasteiger partial charge >= 0.3 is 18.1 Å². The topological polar surface area (TPSA) is 53.6 Å². The molecule has 0 aliphatic carbocycles. The van der Waals surface area contributed by atoms with Gasteiger partial charge in [-0.25, -0.2) is 9.80 Å². The molecule has 1 aromatic rings. The average Bonchev–Trinajstić information content (AvgIpc) is 2.96. The Morgan fingerprint density at radius 1 is 1.33 bits per heavy atom. The second kappa shape index (κ2) is 4.27. The summed E-state index contributed by atoms with van der Waals surface area (Å²) in [6.07, 6.45) is -1.36. The Labute approximate surface area is 116 Å². The van der Waals surface area contributed by atoms with E-state index in [0.717, 1.165) is 18.2 Å². The number of benzene rings is 1. The number of rotatable bonds is 1. The van der Waals surface area contributed by atoms with Crippen molar-refractivity contribution in [2.24, 2.45) is 0 Å². The minimum absolute atomic E-state index is 0.0703. The molecule has 2 N–H and O–H groups in total. The number of ether oxygens (including phenoxy) is 1. The van der Waals surface area contributed by atoms with E-state index in [-0.39, 0.29) is 5.69 Å². The van der Waals surface area contributed by atoms with Crippen LogP contribution in [0, 0.1) is 0 Å². The Hall–Kier alpha value is -2.45. The van der Waals surface area contributed by atoms with Crippen LogP contribution in [0.5, 0.6) is 5.75 Å². The largest absolute Gasteiger partial charge is 0.469 e. The lowest BCUT2D eigenvalue weighted by molar-refractivity contribution is -0.296. The smallest absolute Gasteiger partial charge is 0.427 e. The number of fused-ring (bicyclic) bond motifs is 1. The van der Waals surface area contributed by atoms with Gasteiger partial charge in [0.2, 0.25) is 0 Å². The summed E-state index contributed by atoms with van der Waals surface area (Å²) in [7, 11) is 0. The van der Waals surface area contributed by atoms with Gasteiger partial charge in [-0.3, -0.25) is 0 Å². The predicted octanol–water partition coefficient (Wildman–Crippen LogP) is 2.63. The van der Waals surface area contributed by atoms with Crippen LogP contribution in [0.1, 0.15) is 5.56 Å². The van der Waals surface area contributed by atoms with Crippen molar-refractivity contribution in [3.8, 4) is 5.75 Å². The van der Waals surface area contributed by atoms with Crippen LogP contribution in [0.4, 0.5) is 28.0 Å². The Kier molecular flexibility index (Phi) is 2.75. The highest BCUT2D eigenvalue weighted by Crippen LogP contribution is 2.53. The highest BCUT2D eigenvalue weighted by molar-refractivity contribution is 5.89. The van der Waals surface area contributed by atoms with Gasteiger partial charge in [0.1, 0.15) is 5.75 Å². The first-order valence-corrected chi connectivity index (χ1v) is 5.90. The average molecular weight is 303 g/mol. The quantitative estimate of drug-likeness (QED) is 0.784. The second-order valence-electron chi connectivity index (χ2n) is 4.48. The molecule has 0 saturated carbocycles. The molecule has 2 heterocycles. The molecule has 0 saturated heterocycles. The zero-order valence-corrected chi connectivity index (χ0v) is 10.4. The van der Waals surface area contributed by atoms with E-state index < -0.39 is 29.4 Å². The van der Waals surface area contributed by atoms with Gasteiger partial charge in [-0.05, 0) is 18.2 Å². The molecular weight excluding hydrogens is 294 g/mol. The summed E-state index contributed by atoms with van der Waals surface area (Å²) < 4.78 is 56.9. The Morgan fingerprint density at radius 2 is 2.10 bits per heavy atom. The number of hydrogen-bond donors (Lipinski definition) is 2. The molecule has 0 atom stereocenters. The maximum absolute atomic E-state index is 13.4. The monoisotopic (exact) mass is 303 g/mol. The van der Waals surface area contributed by atoms with Crippen LogP contribution in [0.3, 0.4) is 0 Å². The summed E-state index contributed by atoms with van der Waals surface area (Å²) in [5.74, 6) is -5.05. The van der Waals surface area contributed by atoms with E-state index in [1.54, 1.807) is 12.3 Å². The van der Waals surface area contributed by atoms with Gasteiger partial charge in [-0.15, -0.1) is 0 Å². The molecule has 2 amide bonds. The van der Waals surface area contributed by atoms with Crippen LogP contribution >= 0.6 is 0 Å². The standard InChI is InChI=1S/C12H9F4N3O2/c13-11(14)8-3-2-7(6-9(8)21-12(11,15)16)18-10(20)19-5-1-4-17-19/h1-4,6,17H,5H2,(H,18,20). The zero-order valence-electron chi connectivity index (χ0n) is 10.4. The van der Waals surface area contributed by atoms with Crippen molar-refractivity contribution in [3.63, 3.8) is 0 Å². The van der Waals surface area contributed by atoms with Crippen LogP contribution in [-0.4, -0.2) is 23.7 Å². The number of hydrazine groups is 1. The van der Waals surface area contributed by atoms with Crippen molar-refractivity contribution in [2.45, 2.75) is 12.0 Å². The van der Waals surface area contributed by atoms with Crippen LogP contribution in [-0.2, 0) is 5.92 Å². The van der Waals surface area contributed by atoms with E-state index in [4.69, 9.17) is 0 Å². The highest BCUT2D eigenvalue weighted by Gasteiger charge is 2.66. The number of carbonyl (C=O) groups excluding carboxylic acids is 1. The zero-order chi connectivity index (χ0) is 15.3. The third kappa shape index (κ3) is 2.05. The van der Waals surface area contributed by atoms with Crippen molar-refractivity contribution in [3.05, 3.63) is 36.0 Å². The Morgan fingerprint density at radius 3 is 2.76 bits per heavy atom. The summed E-state index contributed by atoms with van der Waals surface area (Å²) in [4.78, 5) is 11.7. The number of amides is 2. The molecule has 21 heavy (non-hydrogen) atoms. The van der Waals surface area contributed by atoms with E-state index in [9.17, 15) is 22.4 Å². The lowest BCUT2D eigenvalue weighted by Crippen LogP contribution is -2.39. The molecule has 9 heteroatoms. The predicted molar refractivity (Wildman–Crippen MR) is 63.9 cm³/mol. The van der Waals surface area contributed by atoms with Gasteiger partial charge in [0, 0.05) is 18.0 Å². The van der Waals surface area contributed by atoms with E-state index in [0.29, 0.717) is 6.54 Å². The number of alkyl halides is 4. The van der Waals surface area contributed by atoms with Crippen LogP contribution in [0.15, 0.2) is 30.5 Å². The summed E-state index contributed by atoms with van der Waals surface area (Å²) >= 11 is 0. The van der Waals surface area contributed by atoms with Crippen LogP contribution in [0.25, 0.3) is 0 Å². The summed E-state index contributed by atoms with van der Waals surface area (Å²) in [5, 5.41) is 3.59. The van der Waals surface area contributed by atoms with Crippen molar-refractivity contribution < 1.29 is 27.1 Å². The minimum atomic E-state index is -4.60. The lowest BCUT2D eigenvalue weighted by atomic mass is 10.1. The highest BCUT2D eigenvalue weighted by atomic mass is 19.3. The molecule has 0 radical (unpaired) electrons. The summed E-state index contributed by atoms with van der Waals surface area (Å²) in [6, 6.07) is 2.29. The molecular formula is C12H9F4N3O2. The summed E-state index contributed by atoms with van der Waals surface area (Å²) in [6.45, 7) is 0.323. The van der Waals surface area contributed by atoms with E-state index in [1.165, 1.54) is 5.01 Å². The maximum Gasteiger partial charge on any atom is 0.469 e. The fraction of sp³-hybridized carbons (Fsp3) is 0.250. The molecule has 2 aliphatic heterocycles. The number of halogens is 4. The van der Waals surface area contributed by atoms with E-state index >= 15 is 0 Å². The molecule has 0 fully saturated rings. The molecule has 3 rings (SSSR count). The fourth-order valence-corrected chi connectivity index (χ4v) is 1.99. The van der Waals surface area contributed by atoms with Crippen molar-refractivity contribution >= 4 is 11.7 Å². The van der Waals surface area contributed by atoms with Crippen molar-refractivity contribution in [2.75, 3.05) is 11.9 Å². The van der Waals surface area contributed by atoms with Crippen molar-refractivity contribution in [1.82, 2.24) is 10.4 Å². The lowest BCUT2D eigenvalue weighted by Gasteiger charge is -2.17. The molecule has 1 aromatic carbocycles. The fourth-order valence-electron chi connectivity index (χ4n) is 1.99. The minimum Gasteiger partial charge on any atom is -0.427 e. The number of hydrogen-bond acceptors (Lipinski definition) is 3. The van der Waals surface area contributed by atoms with Gasteiger partial charge in [-0.1, -0.05) is 0 Å².